The Bertz CT molecular complexity index is 297. The molecule has 0 unspecified atom stereocenters. The number of allylic oxidation sites excluding steroid dienone is 1. The summed E-state index contributed by atoms with van der Waals surface area (Å²) in [4.78, 5) is 0. The van der Waals surface area contributed by atoms with Crippen LogP contribution in [-0.2, 0) is 0 Å². The van der Waals surface area contributed by atoms with Gasteiger partial charge in [0.2, 0.25) is 0 Å². The molecule has 0 aromatic rings. The Hall–Kier alpha value is -0.300. The van der Waals surface area contributed by atoms with Crippen molar-refractivity contribution in [1.82, 2.24) is 0 Å². The quantitative estimate of drug-likeness (QED) is 0.667. The molecule has 0 spiro atoms. The zero-order chi connectivity index (χ0) is 12.0. The van der Waals surface area contributed by atoms with Crippen LogP contribution < -0.4 is 0 Å². The lowest BCUT2D eigenvalue weighted by Crippen LogP contribution is -2.38. The van der Waals surface area contributed by atoms with Gasteiger partial charge >= 0.3 is 0 Å². The van der Waals surface area contributed by atoms with Crippen LogP contribution in [0.5, 0.6) is 0 Å². The zero-order valence-electron chi connectivity index (χ0n) is 11.2. The molecule has 0 saturated heterocycles. The first kappa shape index (κ1) is 12.2. The highest BCUT2D eigenvalue weighted by Gasteiger charge is 2.41. The van der Waals surface area contributed by atoms with E-state index in [9.17, 15) is 5.11 Å². The maximum absolute atomic E-state index is 10.2. The Morgan fingerprint density at radius 3 is 2.62 bits per heavy atom. The lowest BCUT2D eigenvalue weighted by molar-refractivity contribution is 0.0208. The highest BCUT2D eigenvalue weighted by atomic mass is 16.3. The van der Waals surface area contributed by atoms with Gasteiger partial charge in [0.25, 0.3) is 0 Å². The van der Waals surface area contributed by atoms with Crippen LogP contribution in [0.4, 0.5) is 0 Å². The predicted molar refractivity (Wildman–Crippen MR) is 68.2 cm³/mol. The van der Waals surface area contributed by atoms with Gasteiger partial charge in [0.1, 0.15) is 0 Å². The van der Waals surface area contributed by atoms with Crippen LogP contribution in [0, 0.1) is 17.3 Å². The predicted octanol–water partition coefficient (Wildman–Crippen LogP) is 3.92. The molecule has 0 heterocycles. The first-order chi connectivity index (χ1) is 7.33. The summed E-state index contributed by atoms with van der Waals surface area (Å²) >= 11 is 0. The van der Waals surface area contributed by atoms with Crippen LogP contribution in [-0.4, -0.2) is 10.7 Å². The van der Waals surface area contributed by atoms with E-state index in [4.69, 9.17) is 0 Å². The summed E-state index contributed by atoms with van der Waals surface area (Å²) < 4.78 is 0. The molecule has 0 amide bonds. The van der Waals surface area contributed by atoms with Crippen LogP contribution in [0.25, 0.3) is 0 Å². The fourth-order valence-corrected chi connectivity index (χ4v) is 3.66. The summed E-state index contributed by atoms with van der Waals surface area (Å²) in [5.41, 5.74) is 1.53. The topological polar surface area (TPSA) is 20.2 Å². The molecule has 0 aromatic carbocycles. The molecule has 92 valence electrons. The summed E-state index contributed by atoms with van der Waals surface area (Å²) in [5, 5.41) is 10.2. The molecule has 0 radical (unpaired) electrons. The van der Waals surface area contributed by atoms with Gasteiger partial charge < -0.3 is 5.11 Å². The SMILES string of the molecule is C[C@@H]1CCC[C@@]2(C)CC[C@@H](C(C)(C)O)C=C12. The van der Waals surface area contributed by atoms with Crippen molar-refractivity contribution in [3.8, 4) is 0 Å². The Morgan fingerprint density at radius 2 is 2.00 bits per heavy atom. The Morgan fingerprint density at radius 1 is 1.31 bits per heavy atom. The van der Waals surface area contributed by atoms with Gasteiger partial charge in [-0.3, -0.25) is 0 Å². The van der Waals surface area contributed by atoms with Gasteiger partial charge in [0, 0.05) is 5.92 Å². The molecule has 2 aliphatic carbocycles. The number of fused-ring (bicyclic) bond motifs is 1. The van der Waals surface area contributed by atoms with Gasteiger partial charge in [-0.05, 0) is 50.9 Å². The third kappa shape index (κ3) is 2.07. The highest BCUT2D eigenvalue weighted by molar-refractivity contribution is 5.23. The average Bonchev–Trinajstić information content (AvgIpc) is 2.15. The lowest BCUT2D eigenvalue weighted by atomic mass is 9.60. The van der Waals surface area contributed by atoms with Gasteiger partial charge in [-0.25, -0.2) is 0 Å². The van der Waals surface area contributed by atoms with Crippen molar-refractivity contribution in [3.63, 3.8) is 0 Å². The molecule has 1 nitrogen and oxygen atoms in total. The first-order valence-electron chi connectivity index (χ1n) is 6.77. The van der Waals surface area contributed by atoms with Crippen molar-refractivity contribution < 1.29 is 5.11 Å². The summed E-state index contributed by atoms with van der Waals surface area (Å²) in [7, 11) is 0. The third-order valence-electron chi connectivity index (χ3n) is 4.89. The molecule has 0 aromatic heterocycles. The minimum absolute atomic E-state index is 0.358. The van der Waals surface area contributed by atoms with E-state index in [-0.39, 0.29) is 0 Å². The molecule has 0 bridgehead atoms. The molecule has 2 rings (SSSR count). The monoisotopic (exact) mass is 222 g/mol. The van der Waals surface area contributed by atoms with Crippen LogP contribution in [0.15, 0.2) is 11.6 Å². The number of rotatable bonds is 1. The fraction of sp³-hybridized carbons (Fsp3) is 0.867. The largest absolute Gasteiger partial charge is 0.390 e. The molecular formula is C15H26O. The van der Waals surface area contributed by atoms with Crippen molar-refractivity contribution in [1.29, 1.82) is 0 Å². The molecule has 1 fully saturated rings. The zero-order valence-corrected chi connectivity index (χ0v) is 11.2. The molecule has 0 aliphatic heterocycles. The van der Waals surface area contributed by atoms with Crippen molar-refractivity contribution in [2.75, 3.05) is 0 Å². The number of hydrogen-bond acceptors (Lipinski definition) is 1. The van der Waals surface area contributed by atoms with Crippen LogP contribution in [0.2, 0.25) is 0 Å². The second kappa shape index (κ2) is 3.87. The van der Waals surface area contributed by atoms with Crippen molar-refractivity contribution >= 4 is 0 Å². The summed E-state index contributed by atoms with van der Waals surface area (Å²) in [6.45, 7) is 8.68. The van der Waals surface area contributed by atoms with E-state index in [1.54, 1.807) is 5.57 Å². The molecule has 1 heteroatoms. The van der Waals surface area contributed by atoms with Gasteiger partial charge in [0.05, 0.1) is 5.60 Å². The lowest BCUT2D eigenvalue weighted by Gasteiger charge is -2.46. The smallest absolute Gasteiger partial charge is 0.0654 e. The van der Waals surface area contributed by atoms with Gasteiger partial charge in [-0.2, -0.15) is 0 Å². The minimum Gasteiger partial charge on any atom is -0.390 e. The Kier molecular flexibility index (Phi) is 2.94. The average molecular weight is 222 g/mol. The second-order valence-corrected chi connectivity index (χ2v) is 6.77. The molecule has 1 saturated carbocycles. The van der Waals surface area contributed by atoms with E-state index in [0.717, 1.165) is 12.3 Å². The third-order valence-corrected chi connectivity index (χ3v) is 4.89. The van der Waals surface area contributed by atoms with Gasteiger partial charge in [-0.1, -0.05) is 31.9 Å². The molecule has 16 heavy (non-hydrogen) atoms. The first-order valence-corrected chi connectivity index (χ1v) is 6.77. The van der Waals surface area contributed by atoms with Crippen molar-refractivity contribution in [2.24, 2.45) is 17.3 Å². The van der Waals surface area contributed by atoms with Crippen LogP contribution in [0.3, 0.4) is 0 Å². The molecule has 3 atom stereocenters. The summed E-state index contributed by atoms with van der Waals surface area (Å²) in [6, 6.07) is 0. The van der Waals surface area contributed by atoms with Crippen LogP contribution in [0.1, 0.15) is 59.8 Å². The normalized spacial score (nSPS) is 40.2. The minimum atomic E-state index is -0.550. The van der Waals surface area contributed by atoms with Gasteiger partial charge in [0.15, 0.2) is 0 Å². The Balaban J connectivity index is 2.29. The maximum atomic E-state index is 10.2. The van der Waals surface area contributed by atoms with E-state index in [1.807, 2.05) is 13.8 Å². The van der Waals surface area contributed by atoms with E-state index < -0.39 is 5.60 Å². The summed E-state index contributed by atoms with van der Waals surface area (Å²) in [5.74, 6) is 1.08. The van der Waals surface area contributed by atoms with Crippen molar-refractivity contribution in [2.45, 2.75) is 65.4 Å². The fourth-order valence-electron chi connectivity index (χ4n) is 3.66. The van der Waals surface area contributed by atoms with E-state index >= 15 is 0 Å². The molecule has 1 N–H and O–H groups in total. The molecule has 2 aliphatic rings. The maximum Gasteiger partial charge on any atom is 0.0654 e. The number of aliphatic hydroxyl groups is 1. The second-order valence-electron chi connectivity index (χ2n) is 6.77. The standard InChI is InChI=1S/C15H26O/c1-11-6-5-8-15(4)9-7-12(10-13(11)15)14(2,3)16/h10-12,16H,5-9H2,1-4H3/t11-,12-,15+/m1/s1. The number of hydrogen-bond donors (Lipinski definition) is 1. The summed E-state index contributed by atoms with van der Waals surface area (Å²) in [6.07, 6.45) is 8.88. The van der Waals surface area contributed by atoms with Crippen LogP contribution >= 0.6 is 0 Å². The van der Waals surface area contributed by atoms with E-state index in [0.29, 0.717) is 11.3 Å². The van der Waals surface area contributed by atoms with Gasteiger partial charge in [-0.15, -0.1) is 0 Å². The Labute approximate surface area is 99.9 Å². The molecular weight excluding hydrogens is 196 g/mol. The highest BCUT2D eigenvalue weighted by Crippen LogP contribution is 2.51. The van der Waals surface area contributed by atoms with E-state index in [1.165, 1.54) is 25.7 Å². The van der Waals surface area contributed by atoms with Crippen molar-refractivity contribution in [3.05, 3.63) is 11.6 Å². The van der Waals surface area contributed by atoms with E-state index in [2.05, 4.69) is 19.9 Å².